The largest absolute Gasteiger partial charge is 0.435 e. The topological polar surface area (TPSA) is 26.3 Å². The van der Waals surface area contributed by atoms with Gasteiger partial charge in [-0.2, -0.15) is 0 Å². The summed E-state index contributed by atoms with van der Waals surface area (Å²) in [5.74, 6) is -0.141. The molecule has 0 aromatic carbocycles. The fraction of sp³-hybridized carbons (Fsp3) is 0.945. The summed E-state index contributed by atoms with van der Waals surface area (Å²) >= 11 is 0. The Hall–Kier alpha value is -0.790. The molecule has 0 aliphatic rings. The molecule has 0 saturated carbocycles. The monoisotopic (exact) mass is 801 g/mol. The molecule has 0 aromatic heterocycles. The van der Waals surface area contributed by atoms with E-state index in [1.807, 2.05) is 0 Å². The predicted octanol–water partition coefficient (Wildman–Crippen LogP) is 20.6. The second-order valence-corrected chi connectivity index (χ2v) is 18.7. The molecule has 0 unspecified atom stereocenters. The molecule has 0 bridgehead atoms. The molecule has 0 rings (SSSR count). The van der Waals surface area contributed by atoms with Crippen molar-refractivity contribution in [3.8, 4) is 0 Å². The number of ether oxygens (including phenoxy) is 1. The van der Waals surface area contributed by atoms with E-state index in [4.69, 9.17) is 4.74 Å². The number of hydrogen-bond acceptors (Lipinski definition) is 2. The van der Waals surface area contributed by atoms with Crippen molar-refractivity contribution in [2.45, 2.75) is 334 Å². The minimum atomic E-state index is -0.141. The summed E-state index contributed by atoms with van der Waals surface area (Å²) in [6.07, 6.45) is 74.1. The van der Waals surface area contributed by atoms with Crippen LogP contribution in [0.15, 0.2) is 12.8 Å². The zero-order valence-electron chi connectivity index (χ0n) is 39.7. The zero-order chi connectivity index (χ0) is 41.1. The van der Waals surface area contributed by atoms with Gasteiger partial charge >= 0.3 is 5.97 Å². The number of rotatable bonds is 52. The Labute approximate surface area is 361 Å². The third-order valence-electron chi connectivity index (χ3n) is 12.9. The van der Waals surface area contributed by atoms with Crippen molar-refractivity contribution in [2.75, 3.05) is 0 Å². The average molecular weight is 801 g/mol. The van der Waals surface area contributed by atoms with E-state index in [1.54, 1.807) is 0 Å². The molecule has 340 valence electrons. The first-order valence-corrected chi connectivity index (χ1v) is 27.1. The quantitative estimate of drug-likeness (QED) is 0.0348. The molecule has 2 heteroatoms. The molecule has 0 spiro atoms. The highest BCUT2D eigenvalue weighted by atomic mass is 16.5. The van der Waals surface area contributed by atoms with Crippen molar-refractivity contribution in [1.82, 2.24) is 0 Å². The summed E-state index contributed by atoms with van der Waals surface area (Å²) in [6.45, 7) is 5.73. The number of esters is 1. The van der Waals surface area contributed by atoms with Crippen LogP contribution in [0.5, 0.6) is 0 Å². The maximum atomic E-state index is 11.3. The smallest absolute Gasteiger partial charge is 0.310 e. The minimum absolute atomic E-state index is 0.141. The molecule has 0 fully saturated rings. The second kappa shape index (κ2) is 53.2. The molecule has 0 aromatic rings. The van der Waals surface area contributed by atoms with E-state index in [0.717, 1.165) is 12.8 Å². The van der Waals surface area contributed by atoms with E-state index in [0.29, 0.717) is 6.42 Å². The van der Waals surface area contributed by atoms with Gasteiger partial charge in [0.05, 0.1) is 6.26 Å². The third kappa shape index (κ3) is 53.2. The summed E-state index contributed by atoms with van der Waals surface area (Å²) in [7, 11) is 0. The third-order valence-corrected chi connectivity index (χ3v) is 12.9. The Kier molecular flexibility index (Phi) is 52.5. The number of unbranched alkanes of at least 4 members (excludes halogenated alkanes) is 49. The van der Waals surface area contributed by atoms with Crippen molar-refractivity contribution < 1.29 is 9.53 Å². The number of carbonyl (C=O) groups is 1. The molecule has 0 aliphatic heterocycles. The highest BCUT2D eigenvalue weighted by Gasteiger charge is 2.01. The molecule has 0 atom stereocenters. The lowest BCUT2D eigenvalue weighted by molar-refractivity contribution is -0.138. The van der Waals surface area contributed by atoms with Gasteiger partial charge in [-0.3, -0.25) is 4.79 Å². The molecule has 0 amide bonds. The second-order valence-electron chi connectivity index (χ2n) is 18.7. The van der Waals surface area contributed by atoms with Crippen LogP contribution in [0.3, 0.4) is 0 Å². The molecular weight excluding hydrogens is 693 g/mol. The lowest BCUT2D eigenvalue weighted by Gasteiger charge is -2.05. The maximum Gasteiger partial charge on any atom is 0.310 e. The van der Waals surface area contributed by atoms with Crippen LogP contribution in [-0.4, -0.2) is 5.97 Å². The summed E-state index contributed by atoms with van der Waals surface area (Å²) in [6, 6.07) is 0. The number of hydrogen-bond donors (Lipinski definition) is 0. The Morgan fingerprint density at radius 3 is 0.561 bits per heavy atom. The first-order valence-electron chi connectivity index (χ1n) is 27.1. The van der Waals surface area contributed by atoms with Gasteiger partial charge in [0.25, 0.3) is 0 Å². The fourth-order valence-electron chi connectivity index (χ4n) is 8.98. The predicted molar refractivity (Wildman–Crippen MR) is 257 cm³/mol. The molecule has 0 aliphatic carbocycles. The normalized spacial score (nSPS) is 11.5. The molecule has 0 saturated heterocycles. The van der Waals surface area contributed by atoms with Crippen LogP contribution in [-0.2, 0) is 9.53 Å². The summed E-state index contributed by atoms with van der Waals surface area (Å²) in [5, 5.41) is 0. The van der Waals surface area contributed by atoms with E-state index in [1.165, 1.54) is 314 Å². The SMILES string of the molecule is C=COC(=O)CCCCCCCCCCCCCCCCCCCCCCCCCCCCCCCCCCCCCCCCCCCCCCCCCCCC. The summed E-state index contributed by atoms with van der Waals surface area (Å²) < 4.78 is 4.75. The van der Waals surface area contributed by atoms with Crippen molar-refractivity contribution in [3.63, 3.8) is 0 Å². The van der Waals surface area contributed by atoms with Crippen molar-refractivity contribution in [1.29, 1.82) is 0 Å². The van der Waals surface area contributed by atoms with Crippen molar-refractivity contribution in [2.24, 2.45) is 0 Å². The first kappa shape index (κ1) is 56.2. The lowest BCUT2D eigenvalue weighted by atomic mass is 10.0. The Morgan fingerprint density at radius 1 is 0.281 bits per heavy atom. The van der Waals surface area contributed by atoms with E-state index >= 15 is 0 Å². The number of carbonyl (C=O) groups excluding carboxylic acids is 1. The van der Waals surface area contributed by atoms with E-state index < -0.39 is 0 Å². The van der Waals surface area contributed by atoms with Crippen LogP contribution in [0.25, 0.3) is 0 Å². The summed E-state index contributed by atoms with van der Waals surface area (Å²) in [5.41, 5.74) is 0. The van der Waals surface area contributed by atoms with Gasteiger partial charge in [-0.25, -0.2) is 0 Å². The maximum absolute atomic E-state index is 11.3. The molecule has 0 radical (unpaired) electrons. The van der Waals surface area contributed by atoms with Crippen molar-refractivity contribution >= 4 is 5.97 Å². The standard InChI is InChI=1S/C55H108O2/c1-3-5-6-7-8-9-10-11-12-13-14-15-16-17-18-19-20-21-22-23-24-25-26-27-28-29-30-31-32-33-34-35-36-37-38-39-40-41-42-43-44-45-46-47-48-49-50-51-52-53-54-55(56)57-4-2/h4H,2-3,5-54H2,1H3. The van der Waals surface area contributed by atoms with Crippen LogP contribution < -0.4 is 0 Å². The molecular formula is C55H108O2. The Morgan fingerprint density at radius 2 is 0.421 bits per heavy atom. The van der Waals surface area contributed by atoms with Gasteiger partial charge in [0.2, 0.25) is 0 Å². The van der Waals surface area contributed by atoms with Gasteiger partial charge in [-0.05, 0) is 6.42 Å². The van der Waals surface area contributed by atoms with E-state index in [9.17, 15) is 4.79 Å². The van der Waals surface area contributed by atoms with Gasteiger partial charge in [0.1, 0.15) is 0 Å². The molecule has 2 nitrogen and oxygen atoms in total. The first-order chi connectivity index (χ1) is 28.3. The Balaban J connectivity index is 3.07. The molecule has 0 N–H and O–H groups in total. The fourth-order valence-corrected chi connectivity index (χ4v) is 8.98. The summed E-state index contributed by atoms with van der Waals surface area (Å²) in [4.78, 5) is 11.3. The van der Waals surface area contributed by atoms with Crippen LogP contribution in [0, 0.1) is 0 Å². The Bertz CT molecular complexity index is 730. The van der Waals surface area contributed by atoms with Gasteiger partial charge < -0.3 is 4.74 Å². The molecule has 57 heavy (non-hydrogen) atoms. The van der Waals surface area contributed by atoms with Crippen molar-refractivity contribution in [3.05, 3.63) is 12.8 Å². The van der Waals surface area contributed by atoms with Gasteiger partial charge in [0.15, 0.2) is 0 Å². The van der Waals surface area contributed by atoms with E-state index in [-0.39, 0.29) is 5.97 Å². The average Bonchev–Trinajstić information content (AvgIpc) is 3.21. The van der Waals surface area contributed by atoms with Crippen LogP contribution in [0.2, 0.25) is 0 Å². The van der Waals surface area contributed by atoms with Crippen LogP contribution >= 0.6 is 0 Å². The van der Waals surface area contributed by atoms with Gasteiger partial charge in [-0.15, -0.1) is 0 Å². The lowest BCUT2D eigenvalue weighted by Crippen LogP contribution is -1.98. The van der Waals surface area contributed by atoms with Crippen LogP contribution in [0.1, 0.15) is 334 Å². The zero-order valence-corrected chi connectivity index (χ0v) is 39.7. The van der Waals surface area contributed by atoms with E-state index in [2.05, 4.69) is 13.5 Å². The highest BCUT2D eigenvalue weighted by molar-refractivity contribution is 5.69. The van der Waals surface area contributed by atoms with Crippen LogP contribution in [0.4, 0.5) is 0 Å². The van der Waals surface area contributed by atoms with Gasteiger partial charge in [-0.1, -0.05) is 328 Å². The van der Waals surface area contributed by atoms with Gasteiger partial charge in [0, 0.05) is 6.42 Å². The molecule has 0 heterocycles. The minimum Gasteiger partial charge on any atom is -0.435 e. The highest BCUT2D eigenvalue weighted by Crippen LogP contribution is 2.19.